The molecular weight excluding hydrogens is 302 g/mol. The van der Waals surface area contributed by atoms with Crippen LogP contribution in [0.5, 0.6) is 0 Å². The van der Waals surface area contributed by atoms with E-state index in [0.29, 0.717) is 11.2 Å². The molecule has 6 nitrogen and oxygen atoms in total. The minimum absolute atomic E-state index is 0.109. The van der Waals surface area contributed by atoms with Gasteiger partial charge in [-0.25, -0.2) is 0 Å². The number of hydrogen-bond donors (Lipinski definition) is 1. The number of benzene rings is 1. The summed E-state index contributed by atoms with van der Waals surface area (Å²) in [6.07, 6.45) is 6.54. The third kappa shape index (κ3) is 2.22. The molecule has 0 spiro atoms. The Kier molecular flexibility index (Phi) is 2.71. The van der Waals surface area contributed by atoms with Gasteiger partial charge in [-0.15, -0.1) is 0 Å². The highest BCUT2D eigenvalue weighted by Gasteiger charge is 2.22. The monoisotopic (exact) mass is 319 g/mol. The van der Waals surface area contributed by atoms with E-state index in [2.05, 4.69) is 15.2 Å². The van der Waals surface area contributed by atoms with Gasteiger partial charge >= 0.3 is 0 Å². The summed E-state index contributed by atoms with van der Waals surface area (Å²) in [4.78, 5) is 15.4. The molecule has 1 N–H and O–H groups in total. The first-order valence-corrected chi connectivity index (χ1v) is 8.20. The first kappa shape index (κ1) is 13.5. The molecule has 1 aliphatic carbocycles. The number of pyridine rings is 1. The highest BCUT2D eigenvalue weighted by Crippen LogP contribution is 2.31. The topological polar surface area (TPSA) is 68.5 Å². The second-order valence-corrected chi connectivity index (χ2v) is 6.69. The summed E-state index contributed by atoms with van der Waals surface area (Å²) in [7, 11) is 1.90. The first-order valence-electron chi connectivity index (χ1n) is 8.20. The number of nitrogens with zero attached hydrogens (tertiary/aromatic N) is 4. The molecule has 1 fully saturated rings. The molecule has 0 aliphatic heterocycles. The summed E-state index contributed by atoms with van der Waals surface area (Å²) in [5.74, 6) is 0.749. The smallest absolute Gasteiger partial charge is 0.257 e. The zero-order chi connectivity index (χ0) is 16.3. The number of hydrogen-bond acceptors (Lipinski definition) is 3. The van der Waals surface area contributed by atoms with Crippen LogP contribution in [0.4, 0.5) is 0 Å². The molecule has 1 saturated carbocycles. The fourth-order valence-electron chi connectivity index (χ4n) is 3.22. The van der Waals surface area contributed by atoms with Crippen LogP contribution in [0.2, 0.25) is 0 Å². The number of nitrogens with one attached hydrogen (secondary N) is 1. The fraction of sp³-hybridized carbons (Fsp3) is 0.278. The molecule has 0 saturated heterocycles. The van der Waals surface area contributed by atoms with E-state index in [1.54, 1.807) is 4.68 Å². The average Bonchev–Trinajstić information content (AvgIpc) is 3.14. The predicted octanol–water partition coefficient (Wildman–Crippen LogP) is 2.69. The maximum Gasteiger partial charge on any atom is 0.257 e. The summed E-state index contributed by atoms with van der Waals surface area (Å²) in [5.41, 5.74) is 3.04. The maximum absolute atomic E-state index is 12.5. The van der Waals surface area contributed by atoms with Crippen molar-refractivity contribution in [3.8, 4) is 11.1 Å². The number of aromatic nitrogens is 5. The van der Waals surface area contributed by atoms with Crippen LogP contribution in [0.1, 0.15) is 12.8 Å². The van der Waals surface area contributed by atoms with E-state index >= 15 is 0 Å². The highest BCUT2D eigenvalue weighted by atomic mass is 16.1. The van der Waals surface area contributed by atoms with E-state index in [0.717, 1.165) is 34.3 Å². The van der Waals surface area contributed by atoms with Crippen molar-refractivity contribution in [1.82, 2.24) is 24.5 Å². The first-order chi connectivity index (χ1) is 11.7. The van der Waals surface area contributed by atoms with Crippen molar-refractivity contribution >= 4 is 21.9 Å². The van der Waals surface area contributed by atoms with Crippen molar-refractivity contribution < 1.29 is 0 Å². The van der Waals surface area contributed by atoms with Crippen LogP contribution >= 0.6 is 0 Å². The molecule has 120 valence electrons. The van der Waals surface area contributed by atoms with Gasteiger partial charge in [0.15, 0.2) is 5.65 Å². The van der Waals surface area contributed by atoms with Gasteiger partial charge < -0.3 is 4.98 Å². The van der Waals surface area contributed by atoms with E-state index in [4.69, 9.17) is 0 Å². The Balaban J connectivity index is 1.63. The highest BCUT2D eigenvalue weighted by molar-refractivity contribution is 5.86. The van der Waals surface area contributed by atoms with E-state index in [9.17, 15) is 4.79 Å². The second-order valence-electron chi connectivity index (χ2n) is 6.69. The lowest BCUT2D eigenvalue weighted by atomic mass is 10.0. The Morgan fingerprint density at radius 2 is 2.04 bits per heavy atom. The third-order valence-corrected chi connectivity index (χ3v) is 4.64. The quantitative estimate of drug-likeness (QED) is 0.631. The molecule has 0 amide bonds. The molecule has 1 aliphatic rings. The molecule has 0 radical (unpaired) electrons. The number of H-pyrrole nitrogens is 1. The Labute approximate surface area is 137 Å². The molecular formula is C18H17N5O. The lowest BCUT2D eigenvalue weighted by Gasteiger charge is -2.00. The van der Waals surface area contributed by atoms with E-state index in [-0.39, 0.29) is 5.56 Å². The van der Waals surface area contributed by atoms with Gasteiger partial charge in [-0.05, 0) is 42.5 Å². The van der Waals surface area contributed by atoms with Gasteiger partial charge in [0.1, 0.15) is 0 Å². The number of aromatic amines is 1. The van der Waals surface area contributed by atoms with Gasteiger partial charge in [0, 0.05) is 42.3 Å². The summed E-state index contributed by atoms with van der Waals surface area (Å²) >= 11 is 0. The molecule has 1 aromatic carbocycles. The molecule has 3 heterocycles. The molecule has 0 unspecified atom stereocenters. The number of rotatable bonds is 3. The van der Waals surface area contributed by atoms with E-state index < -0.39 is 0 Å². The van der Waals surface area contributed by atoms with Gasteiger partial charge in [-0.1, -0.05) is 6.07 Å². The Hall–Kier alpha value is -2.89. The van der Waals surface area contributed by atoms with Crippen LogP contribution in [0.25, 0.3) is 33.1 Å². The van der Waals surface area contributed by atoms with Gasteiger partial charge in [-0.3, -0.25) is 14.2 Å². The van der Waals surface area contributed by atoms with Crippen molar-refractivity contribution in [1.29, 1.82) is 0 Å². The molecule has 3 aromatic heterocycles. The Bertz CT molecular complexity index is 1130. The zero-order valence-corrected chi connectivity index (χ0v) is 13.4. The van der Waals surface area contributed by atoms with Crippen molar-refractivity contribution in [2.45, 2.75) is 19.4 Å². The fourth-order valence-corrected chi connectivity index (χ4v) is 3.22. The molecule has 4 aromatic rings. The zero-order valence-electron chi connectivity index (χ0n) is 13.4. The molecule has 5 rings (SSSR count). The SMILES string of the molecule is Cn1cc2cc(-c3cc4cn(CC5CC5)nc4[nH]c3=O)ccc2n1. The van der Waals surface area contributed by atoms with Crippen LogP contribution in [0.15, 0.2) is 41.5 Å². The van der Waals surface area contributed by atoms with Crippen LogP contribution in [0, 0.1) is 5.92 Å². The largest absolute Gasteiger partial charge is 0.305 e. The van der Waals surface area contributed by atoms with Crippen molar-refractivity contribution in [3.63, 3.8) is 0 Å². The maximum atomic E-state index is 12.5. The van der Waals surface area contributed by atoms with Crippen molar-refractivity contribution in [3.05, 3.63) is 47.0 Å². The number of aryl methyl sites for hydroxylation is 1. The number of fused-ring (bicyclic) bond motifs is 2. The van der Waals surface area contributed by atoms with Crippen LogP contribution < -0.4 is 5.56 Å². The molecule has 0 bridgehead atoms. The van der Waals surface area contributed by atoms with Crippen LogP contribution in [-0.2, 0) is 13.6 Å². The molecule has 24 heavy (non-hydrogen) atoms. The predicted molar refractivity (Wildman–Crippen MR) is 92.8 cm³/mol. The normalized spacial score (nSPS) is 14.7. The lowest BCUT2D eigenvalue weighted by molar-refractivity contribution is 0.567. The summed E-state index contributed by atoms with van der Waals surface area (Å²) < 4.78 is 3.73. The second kappa shape index (κ2) is 4.80. The van der Waals surface area contributed by atoms with Gasteiger partial charge in [-0.2, -0.15) is 10.2 Å². The minimum Gasteiger partial charge on any atom is -0.305 e. The standard InChI is InChI=1S/C18H17N5O/c1-22-9-13-6-12(4-5-16(13)20-22)15-7-14-10-23(8-11-2-3-11)21-17(14)19-18(15)24/h4-7,9-11H,2-3,8H2,1H3,(H,19,21,24). The summed E-state index contributed by atoms with van der Waals surface area (Å²) in [6, 6.07) is 7.83. The Morgan fingerprint density at radius 3 is 2.88 bits per heavy atom. The van der Waals surface area contributed by atoms with Gasteiger partial charge in [0.25, 0.3) is 5.56 Å². The molecule has 0 atom stereocenters. The third-order valence-electron chi connectivity index (χ3n) is 4.64. The van der Waals surface area contributed by atoms with Gasteiger partial charge in [0.2, 0.25) is 0 Å². The van der Waals surface area contributed by atoms with Crippen molar-refractivity contribution in [2.75, 3.05) is 0 Å². The average molecular weight is 319 g/mol. The lowest BCUT2D eigenvalue weighted by Crippen LogP contribution is -2.08. The summed E-state index contributed by atoms with van der Waals surface area (Å²) in [6.45, 7) is 0.938. The van der Waals surface area contributed by atoms with Crippen LogP contribution in [0.3, 0.4) is 0 Å². The van der Waals surface area contributed by atoms with E-state index in [1.165, 1.54) is 12.8 Å². The minimum atomic E-state index is -0.109. The molecule has 6 heteroatoms. The Morgan fingerprint density at radius 1 is 1.17 bits per heavy atom. The van der Waals surface area contributed by atoms with E-state index in [1.807, 2.05) is 48.4 Å². The van der Waals surface area contributed by atoms with Gasteiger partial charge in [0.05, 0.1) is 5.52 Å². The van der Waals surface area contributed by atoms with Crippen molar-refractivity contribution in [2.24, 2.45) is 13.0 Å². The van der Waals surface area contributed by atoms with Crippen LogP contribution in [-0.4, -0.2) is 24.5 Å². The summed E-state index contributed by atoms with van der Waals surface area (Å²) in [5, 5.41) is 10.9.